The van der Waals surface area contributed by atoms with Gasteiger partial charge in [0, 0.05) is 0 Å². The van der Waals surface area contributed by atoms with Gasteiger partial charge in [0.2, 0.25) is 5.78 Å². The average Bonchev–Trinajstić information content (AvgIpc) is 2.48. The maximum absolute atomic E-state index is 12.5. The minimum atomic E-state index is -4.96. The summed E-state index contributed by atoms with van der Waals surface area (Å²) in [6.45, 7) is 0. The lowest BCUT2D eigenvalue weighted by Gasteiger charge is -2.22. The summed E-state index contributed by atoms with van der Waals surface area (Å²) in [4.78, 5) is 23.3. The molecular weight excluding hydrogens is 293 g/mol. The highest BCUT2D eigenvalue weighted by molar-refractivity contribution is 6.12. The van der Waals surface area contributed by atoms with Crippen LogP contribution in [0.25, 0.3) is 6.08 Å². The van der Waals surface area contributed by atoms with Crippen LogP contribution in [0.5, 0.6) is 0 Å². The molecule has 1 aliphatic rings. The molecule has 1 unspecified atom stereocenters. The number of carbonyl (C=O) groups excluding carboxylic acids is 2. The third-order valence-electron chi connectivity index (χ3n) is 3.55. The van der Waals surface area contributed by atoms with E-state index in [0.717, 1.165) is 5.56 Å². The number of carbonyl (C=O) groups is 2. The monoisotopic (exact) mass is 308 g/mol. The van der Waals surface area contributed by atoms with Crippen LogP contribution in [0.15, 0.2) is 48.1 Å². The lowest BCUT2D eigenvalue weighted by Crippen LogP contribution is -2.37. The third-order valence-corrected chi connectivity index (χ3v) is 3.55. The molecule has 2 rings (SSSR count). The highest BCUT2D eigenvalue weighted by Crippen LogP contribution is 2.31. The van der Waals surface area contributed by atoms with Gasteiger partial charge in [-0.3, -0.25) is 9.59 Å². The van der Waals surface area contributed by atoms with Crippen LogP contribution in [0.4, 0.5) is 13.2 Å². The Morgan fingerprint density at radius 2 is 1.86 bits per heavy atom. The van der Waals surface area contributed by atoms with Crippen LogP contribution in [0, 0.1) is 5.92 Å². The van der Waals surface area contributed by atoms with Gasteiger partial charge in [0.05, 0.1) is 5.92 Å². The Labute approximate surface area is 126 Å². The average molecular weight is 308 g/mol. The topological polar surface area (TPSA) is 34.1 Å². The van der Waals surface area contributed by atoms with Gasteiger partial charge in [0.1, 0.15) is 0 Å². The second-order valence-electron chi connectivity index (χ2n) is 5.13. The van der Waals surface area contributed by atoms with E-state index >= 15 is 0 Å². The highest BCUT2D eigenvalue weighted by atomic mass is 19.4. The Bertz CT molecular complexity index is 613. The van der Waals surface area contributed by atoms with Crippen molar-refractivity contribution in [2.45, 2.75) is 25.4 Å². The maximum atomic E-state index is 12.5. The standard InChI is InChI=1S/C17H15F3O2/c18-17(19,20)16(22)14-11-5-10-13(15(14)21)9-4-8-12-6-2-1-3-7-12/h1-4,6-9,14H,5,10-11H2. The maximum Gasteiger partial charge on any atom is 0.450 e. The van der Waals surface area contributed by atoms with E-state index in [0.29, 0.717) is 12.8 Å². The van der Waals surface area contributed by atoms with Crippen LogP contribution in [0.2, 0.25) is 0 Å². The van der Waals surface area contributed by atoms with E-state index in [4.69, 9.17) is 0 Å². The number of ketones is 2. The summed E-state index contributed by atoms with van der Waals surface area (Å²) in [6.07, 6.45) is 0.714. The minimum absolute atomic E-state index is 0.0308. The summed E-state index contributed by atoms with van der Waals surface area (Å²) in [5.41, 5.74) is 1.20. The predicted octanol–water partition coefficient (Wildman–Crippen LogP) is 4.13. The Hall–Kier alpha value is -2.17. The van der Waals surface area contributed by atoms with Crippen molar-refractivity contribution in [3.05, 3.63) is 53.6 Å². The van der Waals surface area contributed by atoms with Gasteiger partial charge in [-0.15, -0.1) is 0 Å². The van der Waals surface area contributed by atoms with E-state index in [2.05, 4.69) is 0 Å². The zero-order valence-corrected chi connectivity index (χ0v) is 11.8. The molecule has 1 fully saturated rings. The molecule has 0 spiro atoms. The van der Waals surface area contributed by atoms with Gasteiger partial charge >= 0.3 is 6.18 Å². The second-order valence-corrected chi connectivity index (χ2v) is 5.13. The minimum Gasteiger partial charge on any atom is -0.294 e. The number of allylic oxidation sites excluding steroid dienone is 3. The molecule has 1 saturated carbocycles. The second kappa shape index (κ2) is 6.73. The van der Waals surface area contributed by atoms with Gasteiger partial charge < -0.3 is 0 Å². The molecule has 1 aromatic carbocycles. The Balaban J connectivity index is 2.11. The summed E-state index contributed by atoms with van der Waals surface area (Å²) >= 11 is 0. The first-order valence-corrected chi connectivity index (χ1v) is 6.97. The Kier molecular flexibility index (Phi) is 4.96. The van der Waals surface area contributed by atoms with Gasteiger partial charge in [-0.05, 0) is 30.4 Å². The van der Waals surface area contributed by atoms with Crippen LogP contribution >= 0.6 is 0 Å². The van der Waals surface area contributed by atoms with Gasteiger partial charge in [-0.2, -0.15) is 13.2 Å². The number of halogens is 3. The van der Waals surface area contributed by atoms with Crippen LogP contribution in [0.1, 0.15) is 24.8 Å². The zero-order valence-electron chi connectivity index (χ0n) is 11.8. The molecule has 0 aromatic heterocycles. The van der Waals surface area contributed by atoms with Crippen molar-refractivity contribution in [3.63, 3.8) is 0 Å². The van der Waals surface area contributed by atoms with Crippen LogP contribution in [-0.4, -0.2) is 17.7 Å². The molecule has 2 nitrogen and oxygen atoms in total. The summed E-state index contributed by atoms with van der Waals surface area (Å²) < 4.78 is 37.4. The van der Waals surface area contributed by atoms with Crippen molar-refractivity contribution in [2.75, 3.05) is 0 Å². The zero-order chi connectivity index (χ0) is 16.2. The molecule has 0 radical (unpaired) electrons. The number of hydrogen-bond acceptors (Lipinski definition) is 2. The normalized spacial score (nSPS) is 21.5. The first-order valence-electron chi connectivity index (χ1n) is 6.97. The van der Waals surface area contributed by atoms with Gasteiger partial charge in [0.25, 0.3) is 0 Å². The van der Waals surface area contributed by atoms with Crippen molar-refractivity contribution >= 4 is 17.6 Å². The van der Waals surface area contributed by atoms with Crippen LogP contribution in [-0.2, 0) is 9.59 Å². The van der Waals surface area contributed by atoms with Gasteiger partial charge in [-0.1, -0.05) is 48.6 Å². The van der Waals surface area contributed by atoms with Crippen molar-refractivity contribution in [1.82, 2.24) is 0 Å². The molecule has 0 N–H and O–H groups in total. The summed E-state index contributed by atoms with van der Waals surface area (Å²) in [7, 11) is 0. The predicted molar refractivity (Wildman–Crippen MR) is 77.0 cm³/mol. The van der Waals surface area contributed by atoms with Gasteiger partial charge in [0.15, 0.2) is 5.78 Å². The quantitative estimate of drug-likeness (QED) is 0.621. The number of benzene rings is 1. The number of alkyl halides is 3. The fraction of sp³-hybridized carbons (Fsp3) is 0.294. The lowest BCUT2D eigenvalue weighted by molar-refractivity contribution is -0.177. The van der Waals surface area contributed by atoms with E-state index in [1.807, 2.05) is 30.3 Å². The molecule has 22 heavy (non-hydrogen) atoms. The SMILES string of the molecule is O=C1C(=CC=Cc2ccccc2)CCCC1C(=O)C(F)(F)F. The Morgan fingerprint density at radius 1 is 1.18 bits per heavy atom. The lowest BCUT2D eigenvalue weighted by atomic mass is 9.81. The molecule has 0 heterocycles. The fourth-order valence-corrected chi connectivity index (χ4v) is 2.43. The number of rotatable bonds is 3. The smallest absolute Gasteiger partial charge is 0.294 e. The molecule has 0 bridgehead atoms. The molecule has 5 heteroatoms. The van der Waals surface area contributed by atoms with Crippen molar-refractivity contribution in [1.29, 1.82) is 0 Å². The molecule has 0 amide bonds. The van der Waals surface area contributed by atoms with Crippen molar-refractivity contribution < 1.29 is 22.8 Å². The molecule has 0 saturated heterocycles. The molecule has 1 atom stereocenters. The fourth-order valence-electron chi connectivity index (χ4n) is 2.43. The first kappa shape index (κ1) is 16.2. The Morgan fingerprint density at radius 3 is 2.50 bits per heavy atom. The van der Waals surface area contributed by atoms with Gasteiger partial charge in [-0.25, -0.2) is 0 Å². The highest BCUT2D eigenvalue weighted by Gasteiger charge is 2.47. The summed E-state index contributed by atoms with van der Waals surface area (Å²) in [5.74, 6) is -4.22. The van der Waals surface area contributed by atoms with Crippen molar-refractivity contribution in [3.8, 4) is 0 Å². The van der Waals surface area contributed by atoms with Crippen LogP contribution < -0.4 is 0 Å². The van der Waals surface area contributed by atoms with E-state index in [1.54, 1.807) is 12.2 Å². The summed E-state index contributed by atoms with van der Waals surface area (Å²) in [5, 5.41) is 0. The molecule has 1 aromatic rings. The molecule has 1 aliphatic carbocycles. The third kappa shape index (κ3) is 3.93. The van der Waals surface area contributed by atoms with E-state index < -0.39 is 23.7 Å². The first-order chi connectivity index (χ1) is 10.4. The number of hydrogen-bond donors (Lipinski definition) is 0. The van der Waals surface area contributed by atoms with E-state index in [-0.39, 0.29) is 12.0 Å². The molecular formula is C17H15F3O2. The van der Waals surface area contributed by atoms with Crippen molar-refractivity contribution in [2.24, 2.45) is 5.92 Å². The van der Waals surface area contributed by atoms with E-state index in [9.17, 15) is 22.8 Å². The summed E-state index contributed by atoms with van der Waals surface area (Å²) in [6, 6.07) is 9.32. The van der Waals surface area contributed by atoms with Crippen LogP contribution in [0.3, 0.4) is 0 Å². The largest absolute Gasteiger partial charge is 0.450 e. The number of Topliss-reactive ketones (excluding diaryl/α,β-unsaturated/α-hetero) is 2. The molecule has 116 valence electrons. The molecule has 0 aliphatic heterocycles. The van der Waals surface area contributed by atoms with E-state index in [1.165, 1.54) is 6.08 Å².